The standard InChI is InChI=1S/C17H19FN2O3.ClH/c1-22-15-4-2-3-13(17(15)23-11-16(19)21)10-20-9-12-5-7-14(18)8-6-12;/h2-8,20H,9-11H2,1H3,(H2,19,21);1H. The molecule has 0 aliphatic heterocycles. The second-order valence-corrected chi connectivity index (χ2v) is 4.93. The number of nitrogens with two attached hydrogens (primary N) is 1. The van der Waals surface area contributed by atoms with Gasteiger partial charge in [0, 0.05) is 18.7 Å². The third kappa shape index (κ3) is 5.72. The normalized spacial score (nSPS) is 9.92. The van der Waals surface area contributed by atoms with Crippen LogP contribution in [0.3, 0.4) is 0 Å². The quantitative estimate of drug-likeness (QED) is 0.763. The van der Waals surface area contributed by atoms with Crippen LogP contribution in [0.2, 0.25) is 0 Å². The average Bonchev–Trinajstić information content (AvgIpc) is 2.55. The molecule has 0 unspecified atom stereocenters. The molecular formula is C17H20ClFN2O3. The van der Waals surface area contributed by atoms with Gasteiger partial charge in [-0.05, 0) is 23.8 Å². The topological polar surface area (TPSA) is 73.6 Å². The van der Waals surface area contributed by atoms with E-state index in [0.717, 1.165) is 11.1 Å². The monoisotopic (exact) mass is 354 g/mol. The van der Waals surface area contributed by atoms with Crippen molar-refractivity contribution in [3.63, 3.8) is 0 Å². The Morgan fingerprint density at radius 1 is 1.17 bits per heavy atom. The van der Waals surface area contributed by atoms with Gasteiger partial charge in [-0.3, -0.25) is 4.79 Å². The molecule has 2 aromatic rings. The molecule has 0 aliphatic carbocycles. The van der Waals surface area contributed by atoms with Crippen molar-refractivity contribution in [2.45, 2.75) is 13.1 Å². The Labute approximate surface area is 146 Å². The van der Waals surface area contributed by atoms with Crippen molar-refractivity contribution in [3.8, 4) is 11.5 Å². The van der Waals surface area contributed by atoms with Crippen LogP contribution in [0.25, 0.3) is 0 Å². The molecule has 0 radical (unpaired) electrons. The van der Waals surface area contributed by atoms with Gasteiger partial charge < -0.3 is 20.5 Å². The first kappa shape index (κ1) is 19.7. The van der Waals surface area contributed by atoms with Gasteiger partial charge in [0.2, 0.25) is 0 Å². The fourth-order valence-corrected chi connectivity index (χ4v) is 2.11. The van der Waals surface area contributed by atoms with Crippen LogP contribution in [-0.2, 0) is 17.9 Å². The van der Waals surface area contributed by atoms with Crippen molar-refractivity contribution in [1.29, 1.82) is 0 Å². The Hall–Kier alpha value is -2.31. The molecule has 2 rings (SSSR count). The van der Waals surface area contributed by atoms with E-state index < -0.39 is 5.91 Å². The maximum Gasteiger partial charge on any atom is 0.255 e. The molecule has 24 heavy (non-hydrogen) atoms. The maximum absolute atomic E-state index is 12.9. The van der Waals surface area contributed by atoms with Crippen LogP contribution < -0.4 is 20.5 Å². The minimum absolute atomic E-state index is 0. The van der Waals surface area contributed by atoms with Crippen molar-refractivity contribution >= 4 is 18.3 Å². The van der Waals surface area contributed by atoms with Crippen molar-refractivity contribution in [2.24, 2.45) is 5.73 Å². The molecule has 0 saturated heterocycles. The Bertz CT molecular complexity index is 665. The van der Waals surface area contributed by atoms with Gasteiger partial charge in [0.15, 0.2) is 18.1 Å². The van der Waals surface area contributed by atoms with E-state index in [4.69, 9.17) is 15.2 Å². The molecular weight excluding hydrogens is 335 g/mol. The van der Waals surface area contributed by atoms with Crippen molar-refractivity contribution < 1.29 is 18.7 Å². The third-order valence-electron chi connectivity index (χ3n) is 3.20. The highest BCUT2D eigenvalue weighted by Crippen LogP contribution is 2.31. The minimum atomic E-state index is -0.555. The molecule has 0 atom stereocenters. The number of ether oxygens (including phenoxy) is 2. The summed E-state index contributed by atoms with van der Waals surface area (Å²) in [7, 11) is 1.53. The Kier molecular flexibility index (Phi) is 8.01. The number of primary amides is 1. The molecule has 2 aromatic carbocycles. The molecule has 0 fully saturated rings. The molecule has 7 heteroatoms. The summed E-state index contributed by atoms with van der Waals surface area (Å²) in [6, 6.07) is 11.7. The minimum Gasteiger partial charge on any atom is -0.493 e. The summed E-state index contributed by atoms with van der Waals surface area (Å²) >= 11 is 0. The molecule has 0 heterocycles. The summed E-state index contributed by atoms with van der Waals surface area (Å²) in [5, 5.41) is 3.24. The SMILES string of the molecule is COc1cccc(CNCc2ccc(F)cc2)c1OCC(N)=O.Cl. The Balaban J connectivity index is 0.00000288. The number of hydrogen-bond acceptors (Lipinski definition) is 4. The second-order valence-electron chi connectivity index (χ2n) is 4.93. The van der Waals surface area contributed by atoms with Gasteiger partial charge in [0.05, 0.1) is 7.11 Å². The number of carbonyl (C=O) groups excluding carboxylic acids is 1. The van der Waals surface area contributed by atoms with Crippen LogP contribution in [0.4, 0.5) is 4.39 Å². The zero-order valence-corrected chi connectivity index (χ0v) is 14.1. The van der Waals surface area contributed by atoms with Gasteiger partial charge in [-0.15, -0.1) is 12.4 Å². The van der Waals surface area contributed by atoms with Gasteiger partial charge in [-0.1, -0.05) is 24.3 Å². The van der Waals surface area contributed by atoms with E-state index in [-0.39, 0.29) is 24.8 Å². The smallest absolute Gasteiger partial charge is 0.255 e. The summed E-state index contributed by atoms with van der Waals surface area (Å²) in [5.41, 5.74) is 6.93. The van der Waals surface area contributed by atoms with Gasteiger partial charge in [0.1, 0.15) is 5.82 Å². The molecule has 1 amide bonds. The number of para-hydroxylation sites is 1. The van der Waals surface area contributed by atoms with Crippen molar-refractivity contribution in [3.05, 3.63) is 59.4 Å². The first-order chi connectivity index (χ1) is 11.1. The summed E-state index contributed by atoms with van der Waals surface area (Å²) in [5.74, 6) is 0.206. The van der Waals surface area contributed by atoms with Crippen LogP contribution in [0.5, 0.6) is 11.5 Å². The summed E-state index contributed by atoms with van der Waals surface area (Å²) in [6.45, 7) is 0.862. The highest BCUT2D eigenvalue weighted by Gasteiger charge is 2.11. The molecule has 0 spiro atoms. The fraction of sp³-hybridized carbons (Fsp3) is 0.235. The lowest BCUT2D eigenvalue weighted by molar-refractivity contribution is -0.119. The van der Waals surface area contributed by atoms with E-state index in [1.807, 2.05) is 12.1 Å². The summed E-state index contributed by atoms with van der Waals surface area (Å²) in [6.07, 6.45) is 0. The predicted octanol–water partition coefficient (Wildman–Crippen LogP) is 2.41. The predicted molar refractivity (Wildman–Crippen MR) is 91.9 cm³/mol. The zero-order chi connectivity index (χ0) is 16.7. The van der Waals surface area contributed by atoms with Crippen molar-refractivity contribution in [1.82, 2.24) is 5.32 Å². The largest absolute Gasteiger partial charge is 0.493 e. The van der Waals surface area contributed by atoms with Crippen LogP contribution in [-0.4, -0.2) is 19.6 Å². The second kappa shape index (κ2) is 9.75. The number of benzene rings is 2. The summed E-state index contributed by atoms with van der Waals surface area (Å²) < 4.78 is 23.6. The van der Waals surface area contributed by atoms with Crippen molar-refractivity contribution in [2.75, 3.05) is 13.7 Å². The number of methoxy groups -OCH3 is 1. The lowest BCUT2D eigenvalue weighted by Gasteiger charge is -2.14. The van der Waals surface area contributed by atoms with Crippen LogP contribution in [0.15, 0.2) is 42.5 Å². The van der Waals surface area contributed by atoms with Gasteiger partial charge in [-0.25, -0.2) is 4.39 Å². The number of rotatable bonds is 8. The van der Waals surface area contributed by atoms with Gasteiger partial charge in [-0.2, -0.15) is 0 Å². The molecule has 0 aliphatic rings. The van der Waals surface area contributed by atoms with Crippen LogP contribution in [0, 0.1) is 5.82 Å². The molecule has 5 nitrogen and oxygen atoms in total. The number of halogens is 2. The first-order valence-corrected chi connectivity index (χ1v) is 7.12. The number of nitrogens with one attached hydrogen (secondary N) is 1. The van der Waals surface area contributed by atoms with Crippen LogP contribution in [0.1, 0.15) is 11.1 Å². The molecule has 0 bridgehead atoms. The van der Waals surface area contributed by atoms with Gasteiger partial charge >= 0.3 is 0 Å². The lowest BCUT2D eigenvalue weighted by Crippen LogP contribution is -2.21. The maximum atomic E-state index is 12.9. The highest BCUT2D eigenvalue weighted by atomic mass is 35.5. The molecule has 130 valence electrons. The molecule has 0 saturated carbocycles. The Morgan fingerprint density at radius 3 is 2.50 bits per heavy atom. The molecule has 3 N–H and O–H groups in total. The molecule has 0 aromatic heterocycles. The number of carbonyl (C=O) groups is 1. The third-order valence-corrected chi connectivity index (χ3v) is 3.20. The van der Waals surface area contributed by atoms with Crippen LogP contribution >= 0.6 is 12.4 Å². The highest BCUT2D eigenvalue weighted by molar-refractivity contribution is 5.85. The van der Waals surface area contributed by atoms with E-state index in [1.54, 1.807) is 18.2 Å². The summed E-state index contributed by atoms with van der Waals surface area (Å²) in [4.78, 5) is 10.9. The van der Waals surface area contributed by atoms with Gasteiger partial charge in [0.25, 0.3) is 5.91 Å². The number of hydrogen-bond donors (Lipinski definition) is 2. The van der Waals surface area contributed by atoms with E-state index >= 15 is 0 Å². The van der Waals surface area contributed by atoms with E-state index in [1.165, 1.54) is 19.2 Å². The zero-order valence-electron chi connectivity index (χ0n) is 13.3. The van der Waals surface area contributed by atoms with E-state index in [2.05, 4.69) is 5.32 Å². The Morgan fingerprint density at radius 2 is 1.88 bits per heavy atom. The number of amides is 1. The van der Waals surface area contributed by atoms with E-state index in [0.29, 0.717) is 24.6 Å². The fourth-order valence-electron chi connectivity index (χ4n) is 2.11. The average molecular weight is 355 g/mol. The van der Waals surface area contributed by atoms with E-state index in [9.17, 15) is 9.18 Å². The first-order valence-electron chi connectivity index (χ1n) is 7.12. The lowest BCUT2D eigenvalue weighted by atomic mass is 10.1.